The Labute approximate surface area is 121 Å². The van der Waals surface area contributed by atoms with Crippen LogP contribution in [0, 0.1) is 6.92 Å². The number of benzene rings is 2. The largest absolute Gasteiger partial charge is 0.324 e. The minimum Gasteiger partial charge on any atom is -0.324 e. The Hall–Kier alpha value is -1.51. The zero-order valence-corrected chi connectivity index (χ0v) is 11.9. The lowest BCUT2D eigenvalue weighted by Gasteiger charge is -2.10. The summed E-state index contributed by atoms with van der Waals surface area (Å²) >= 11 is 12.5. The van der Waals surface area contributed by atoms with Gasteiger partial charge < -0.3 is 4.57 Å². The topological polar surface area (TPSA) is 17.8 Å². The van der Waals surface area contributed by atoms with E-state index in [0.717, 1.165) is 22.4 Å². The Morgan fingerprint density at radius 3 is 2.42 bits per heavy atom. The second-order valence-electron chi connectivity index (χ2n) is 4.43. The van der Waals surface area contributed by atoms with E-state index in [0.29, 0.717) is 16.6 Å². The zero-order valence-electron chi connectivity index (χ0n) is 10.4. The van der Waals surface area contributed by atoms with Crippen LogP contribution in [0.1, 0.15) is 11.4 Å². The molecule has 19 heavy (non-hydrogen) atoms. The number of aromatic nitrogens is 2. The van der Waals surface area contributed by atoms with Gasteiger partial charge in [0.15, 0.2) is 0 Å². The first kappa shape index (κ1) is 12.5. The monoisotopic (exact) mass is 290 g/mol. The quantitative estimate of drug-likeness (QED) is 0.669. The van der Waals surface area contributed by atoms with E-state index in [4.69, 9.17) is 23.2 Å². The molecule has 0 bridgehead atoms. The number of imidazole rings is 1. The summed E-state index contributed by atoms with van der Waals surface area (Å²) in [5, 5.41) is 1.37. The minimum absolute atomic E-state index is 0.630. The maximum atomic E-state index is 6.23. The molecule has 4 heteroatoms. The van der Waals surface area contributed by atoms with E-state index in [9.17, 15) is 0 Å². The van der Waals surface area contributed by atoms with E-state index in [1.165, 1.54) is 0 Å². The lowest BCUT2D eigenvalue weighted by Crippen LogP contribution is -2.03. The molecule has 0 unspecified atom stereocenters. The fourth-order valence-corrected chi connectivity index (χ4v) is 2.75. The highest BCUT2D eigenvalue weighted by atomic mass is 35.5. The normalized spacial score (nSPS) is 11.1. The van der Waals surface area contributed by atoms with Crippen molar-refractivity contribution in [1.29, 1.82) is 0 Å². The molecule has 1 heterocycles. The summed E-state index contributed by atoms with van der Waals surface area (Å²) in [6.45, 7) is 2.62. The molecule has 2 aromatic carbocycles. The number of aryl methyl sites for hydroxylation is 1. The number of halogens is 2. The summed E-state index contributed by atoms with van der Waals surface area (Å²) < 4.78 is 2.13. The third kappa shape index (κ3) is 2.22. The molecule has 0 fully saturated rings. The van der Waals surface area contributed by atoms with Gasteiger partial charge in [0.05, 0.1) is 17.6 Å². The van der Waals surface area contributed by atoms with Crippen LogP contribution < -0.4 is 0 Å². The molecule has 0 aliphatic rings. The molecule has 1 aromatic heterocycles. The van der Waals surface area contributed by atoms with Crippen LogP contribution in [0.25, 0.3) is 11.0 Å². The van der Waals surface area contributed by atoms with Gasteiger partial charge in [-0.05, 0) is 31.2 Å². The number of nitrogens with zero attached hydrogens (tertiary/aromatic N) is 2. The molecule has 0 amide bonds. The summed E-state index contributed by atoms with van der Waals surface area (Å²) in [6.07, 6.45) is 0. The second-order valence-corrected chi connectivity index (χ2v) is 5.25. The second kappa shape index (κ2) is 4.87. The van der Waals surface area contributed by atoms with Crippen LogP contribution in [0.5, 0.6) is 0 Å². The lowest BCUT2D eigenvalue weighted by molar-refractivity contribution is 0.786. The van der Waals surface area contributed by atoms with Gasteiger partial charge in [-0.25, -0.2) is 4.98 Å². The standard InChI is InChI=1S/C15H12Cl2N2/c1-10-18-14-7-2-3-8-15(14)19(10)9-11-12(16)5-4-6-13(11)17/h2-8H,9H2,1H3. The third-order valence-corrected chi connectivity index (χ3v) is 3.93. The zero-order chi connectivity index (χ0) is 13.4. The fourth-order valence-electron chi connectivity index (χ4n) is 2.24. The van der Waals surface area contributed by atoms with Crippen molar-refractivity contribution < 1.29 is 0 Å². The van der Waals surface area contributed by atoms with Crippen LogP contribution in [-0.2, 0) is 6.54 Å². The number of rotatable bonds is 2. The molecule has 2 nitrogen and oxygen atoms in total. The summed E-state index contributed by atoms with van der Waals surface area (Å²) in [4.78, 5) is 4.55. The van der Waals surface area contributed by atoms with Crippen molar-refractivity contribution in [2.24, 2.45) is 0 Å². The van der Waals surface area contributed by atoms with Crippen molar-refractivity contribution in [3.05, 3.63) is 63.9 Å². The van der Waals surface area contributed by atoms with Crippen LogP contribution in [-0.4, -0.2) is 9.55 Å². The molecular formula is C15H12Cl2N2. The van der Waals surface area contributed by atoms with Crippen LogP contribution >= 0.6 is 23.2 Å². The Morgan fingerprint density at radius 2 is 1.68 bits per heavy atom. The fraction of sp³-hybridized carbons (Fsp3) is 0.133. The Kier molecular flexibility index (Phi) is 3.21. The molecule has 0 N–H and O–H groups in total. The average molecular weight is 291 g/mol. The van der Waals surface area contributed by atoms with Crippen molar-refractivity contribution in [3.63, 3.8) is 0 Å². The first-order valence-electron chi connectivity index (χ1n) is 6.01. The highest BCUT2D eigenvalue weighted by Gasteiger charge is 2.11. The summed E-state index contributed by atoms with van der Waals surface area (Å²) in [5.74, 6) is 0.956. The van der Waals surface area contributed by atoms with Gasteiger partial charge in [-0.2, -0.15) is 0 Å². The molecule has 0 aliphatic heterocycles. The number of fused-ring (bicyclic) bond motifs is 1. The first-order valence-corrected chi connectivity index (χ1v) is 6.77. The van der Waals surface area contributed by atoms with E-state index < -0.39 is 0 Å². The van der Waals surface area contributed by atoms with Crippen LogP contribution in [0.4, 0.5) is 0 Å². The Bertz CT molecular complexity index is 727. The molecule has 0 radical (unpaired) electrons. The van der Waals surface area contributed by atoms with Gasteiger partial charge in [-0.1, -0.05) is 41.4 Å². The highest BCUT2D eigenvalue weighted by Crippen LogP contribution is 2.27. The molecular weight excluding hydrogens is 279 g/mol. The number of para-hydroxylation sites is 2. The molecule has 0 aliphatic carbocycles. The van der Waals surface area contributed by atoms with Crippen molar-refractivity contribution in [2.45, 2.75) is 13.5 Å². The van der Waals surface area contributed by atoms with Gasteiger partial charge in [-0.3, -0.25) is 0 Å². The number of hydrogen-bond acceptors (Lipinski definition) is 1. The van der Waals surface area contributed by atoms with E-state index in [1.807, 2.05) is 43.3 Å². The van der Waals surface area contributed by atoms with Crippen molar-refractivity contribution in [1.82, 2.24) is 9.55 Å². The Morgan fingerprint density at radius 1 is 1.00 bits per heavy atom. The van der Waals surface area contributed by atoms with Crippen LogP contribution in [0.3, 0.4) is 0 Å². The minimum atomic E-state index is 0.630. The predicted octanol–water partition coefficient (Wildman–Crippen LogP) is 4.70. The van der Waals surface area contributed by atoms with E-state index >= 15 is 0 Å². The molecule has 3 aromatic rings. The van der Waals surface area contributed by atoms with Gasteiger partial charge in [0.25, 0.3) is 0 Å². The maximum Gasteiger partial charge on any atom is 0.107 e. The summed E-state index contributed by atoms with van der Waals surface area (Å²) in [5.41, 5.74) is 3.01. The van der Waals surface area contributed by atoms with Gasteiger partial charge >= 0.3 is 0 Å². The van der Waals surface area contributed by atoms with E-state index in [-0.39, 0.29) is 0 Å². The van der Waals surface area contributed by atoms with Gasteiger partial charge in [0.2, 0.25) is 0 Å². The van der Waals surface area contributed by atoms with Gasteiger partial charge in [-0.15, -0.1) is 0 Å². The third-order valence-electron chi connectivity index (χ3n) is 3.22. The smallest absolute Gasteiger partial charge is 0.107 e. The van der Waals surface area contributed by atoms with Gasteiger partial charge in [0, 0.05) is 15.6 Å². The van der Waals surface area contributed by atoms with Crippen LogP contribution in [0.2, 0.25) is 10.0 Å². The summed E-state index contributed by atoms with van der Waals surface area (Å²) in [7, 11) is 0. The predicted molar refractivity (Wildman–Crippen MR) is 80.0 cm³/mol. The van der Waals surface area contributed by atoms with Crippen molar-refractivity contribution in [3.8, 4) is 0 Å². The SMILES string of the molecule is Cc1nc2ccccc2n1Cc1c(Cl)cccc1Cl. The van der Waals surface area contributed by atoms with Crippen molar-refractivity contribution in [2.75, 3.05) is 0 Å². The molecule has 0 spiro atoms. The van der Waals surface area contributed by atoms with E-state index in [2.05, 4.69) is 15.6 Å². The molecule has 96 valence electrons. The lowest BCUT2D eigenvalue weighted by atomic mass is 10.2. The molecule has 0 saturated carbocycles. The highest BCUT2D eigenvalue weighted by molar-refractivity contribution is 6.36. The Balaban J connectivity index is 2.13. The van der Waals surface area contributed by atoms with E-state index in [1.54, 1.807) is 0 Å². The maximum absolute atomic E-state index is 6.23. The molecule has 0 saturated heterocycles. The van der Waals surface area contributed by atoms with Gasteiger partial charge in [0.1, 0.15) is 5.82 Å². The first-order chi connectivity index (χ1) is 9.16. The van der Waals surface area contributed by atoms with Crippen molar-refractivity contribution >= 4 is 34.2 Å². The summed E-state index contributed by atoms with van der Waals surface area (Å²) in [6, 6.07) is 13.6. The van der Waals surface area contributed by atoms with Crippen LogP contribution in [0.15, 0.2) is 42.5 Å². The molecule has 3 rings (SSSR count). The average Bonchev–Trinajstić information content (AvgIpc) is 2.70. The molecule has 0 atom stereocenters. The number of hydrogen-bond donors (Lipinski definition) is 0.